The summed E-state index contributed by atoms with van der Waals surface area (Å²) < 4.78 is 7.67. The Kier molecular flexibility index (Phi) is 9.30. The van der Waals surface area contributed by atoms with Crippen LogP contribution >= 0.6 is 11.8 Å². The molecule has 5 heterocycles. The summed E-state index contributed by atoms with van der Waals surface area (Å²) in [6.07, 6.45) is 0. The molecule has 0 aliphatic carbocycles. The van der Waals surface area contributed by atoms with E-state index in [0.717, 1.165) is 11.4 Å². The first-order valence-corrected chi connectivity index (χ1v) is 29.8. The Bertz CT molecular complexity index is 4700. The molecule has 3 aromatic heterocycles. The maximum atomic E-state index is 2.67. The largest absolute Gasteiger partial charge is 0.309 e. The molecule has 2 aliphatic heterocycles. The van der Waals surface area contributed by atoms with E-state index in [0.29, 0.717) is 0 Å². The van der Waals surface area contributed by atoms with Gasteiger partial charge in [-0.1, -0.05) is 224 Å². The molecule has 0 fully saturated rings. The number of fused-ring (bicyclic) bond motifs is 17. The van der Waals surface area contributed by atoms with Gasteiger partial charge in [0, 0.05) is 53.5 Å². The lowest BCUT2D eigenvalue weighted by molar-refractivity contribution is 0.689. The molecule has 0 bridgehead atoms. The predicted octanol–water partition coefficient (Wildman–Crippen LogP) is 15.5. The predicted molar refractivity (Wildman–Crippen MR) is 329 cm³/mol. The van der Waals surface area contributed by atoms with Crippen LogP contribution in [0.15, 0.2) is 295 Å². The standard InChI is InChI=1S/C73H47N3SSi/c1-4-22-50(23-5-1)78(51-24-6-2-7-25-51,52-26-8-3-9-27-52)53-41-42-60-69(47-53)76-68-43-40-48(74-64-34-16-10-28-54(64)55-29-11-17-35-65(55)74)44-58(68)59-45-49(75-66-36-18-12-30-56(66)57-31-13-19-37-67(57)75)46-63(72(59)76)73(60)61-32-14-20-38-70(61)77-71-39-21-15-33-62(71)73/h1-47H. The molecule has 364 valence electrons. The number of rotatable bonds is 6. The van der Waals surface area contributed by atoms with Crippen LogP contribution in [0, 0.1) is 0 Å². The van der Waals surface area contributed by atoms with E-state index < -0.39 is 13.5 Å². The van der Waals surface area contributed by atoms with Crippen molar-refractivity contribution in [3.63, 3.8) is 0 Å². The third-order valence-corrected chi connectivity index (χ3v) is 23.3. The van der Waals surface area contributed by atoms with E-state index in [2.05, 4.69) is 299 Å². The molecule has 0 unspecified atom stereocenters. The fraction of sp³-hybridized carbons (Fsp3) is 0.0137. The molecule has 5 heteroatoms. The molecular weight excluding hydrogens is 979 g/mol. The fourth-order valence-electron chi connectivity index (χ4n) is 14.4. The molecule has 2 aliphatic rings. The maximum absolute atomic E-state index is 3.00. The van der Waals surface area contributed by atoms with Crippen LogP contribution in [0.3, 0.4) is 0 Å². The van der Waals surface area contributed by atoms with Gasteiger partial charge in [0.15, 0.2) is 8.07 Å². The SMILES string of the molecule is c1ccc([Si](c2ccccc2)(c2ccccc2)c2ccc3c(c2)-n2c4ccc(-n5c6ccccc6c6ccccc65)cc4c4cc(-n5c6ccccc6c6ccccc65)cc(c42)C32c3ccccc3Sc3ccccc32)cc1. The first-order valence-electron chi connectivity index (χ1n) is 27.0. The van der Waals surface area contributed by atoms with E-state index in [4.69, 9.17) is 0 Å². The van der Waals surface area contributed by atoms with Crippen molar-refractivity contribution < 1.29 is 0 Å². The second-order valence-corrected chi connectivity index (χ2v) is 26.0. The van der Waals surface area contributed by atoms with Crippen LogP contribution < -0.4 is 20.7 Å². The van der Waals surface area contributed by atoms with Gasteiger partial charge in [-0.3, -0.25) is 0 Å². The number of nitrogens with zero attached hydrogens (tertiary/aromatic N) is 3. The van der Waals surface area contributed by atoms with Crippen molar-refractivity contribution in [1.82, 2.24) is 13.7 Å². The molecule has 0 saturated heterocycles. The maximum Gasteiger partial charge on any atom is 0.179 e. The Labute approximate surface area is 456 Å². The van der Waals surface area contributed by atoms with Crippen LogP contribution in [0.25, 0.3) is 82.5 Å². The van der Waals surface area contributed by atoms with Crippen molar-refractivity contribution in [1.29, 1.82) is 0 Å². The van der Waals surface area contributed by atoms with Crippen LogP contribution in [0.4, 0.5) is 0 Å². The van der Waals surface area contributed by atoms with E-state index >= 15 is 0 Å². The fourth-order valence-corrected chi connectivity index (χ4v) is 20.3. The summed E-state index contributed by atoms with van der Waals surface area (Å²) in [5.74, 6) is 0. The quantitative estimate of drug-likeness (QED) is 0.120. The van der Waals surface area contributed by atoms with Crippen molar-refractivity contribution in [2.45, 2.75) is 15.2 Å². The molecule has 78 heavy (non-hydrogen) atoms. The monoisotopic (exact) mass is 1030 g/mol. The topological polar surface area (TPSA) is 14.8 Å². The molecule has 1 spiro atoms. The molecule has 17 rings (SSSR count). The molecule has 0 atom stereocenters. The molecule has 0 saturated carbocycles. The Hall–Kier alpha value is -9.39. The molecule has 15 aromatic rings. The minimum Gasteiger partial charge on any atom is -0.309 e. The van der Waals surface area contributed by atoms with Crippen LogP contribution in [-0.4, -0.2) is 21.8 Å². The average molecular weight is 1030 g/mol. The number of benzene rings is 12. The summed E-state index contributed by atoms with van der Waals surface area (Å²) in [5, 5.41) is 12.8. The van der Waals surface area contributed by atoms with E-state index in [1.807, 2.05) is 11.8 Å². The van der Waals surface area contributed by atoms with Gasteiger partial charge in [0.25, 0.3) is 0 Å². The van der Waals surface area contributed by atoms with Gasteiger partial charge in [-0.15, -0.1) is 0 Å². The summed E-state index contributed by atoms with van der Waals surface area (Å²) in [6.45, 7) is 0. The Balaban J connectivity index is 1.08. The lowest BCUT2D eigenvalue weighted by Crippen LogP contribution is -2.74. The lowest BCUT2D eigenvalue weighted by Gasteiger charge is -2.46. The highest BCUT2D eigenvalue weighted by molar-refractivity contribution is 7.99. The minimum absolute atomic E-state index is 0.712. The smallest absolute Gasteiger partial charge is 0.179 e. The highest BCUT2D eigenvalue weighted by Crippen LogP contribution is 2.61. The van der Waals surface area contributed by atoms with Gasteiger partial charge in [0.05, 0.1) is 44.2 Å². The van der Waals surface area contributed by atoms with Gasteiger partial charge in [-0.25, -0.2) is 0 Å². The minimum atomic E-state index is -3.00. The number of para-hydroxylation sites is 4. The molecular formula is C73H47N3SSi. The number of hydrogen-bond donors (Lipinski definition) is 0. The Morgan fingerprint density at radius 1 is 0.269 bits per heavy atom. The average Bonchev–Trinajstić information content (AvgIpc) is 3.66. The van der Waals surface area contributed by atoms with E-state index in [1.54, 1.807) is 0 Å². The highest BCUT2D eigenvalue weighted by atomic mass is 32.2. The molecule has 3 nitrogen and oxygen atoms in total. The first-order chi connectivity index (χ1) is 38.7. The van der Waals surface area contributed by atoms with Gasteiger partial charge < -0.3 is 13.7 Å². The highest BCUT2D eigenvalue weighted by Gasteiger charge is 2.51. The molecule has 0 radical (unpaired) electrons. The van der Waals surface area contributed by atoms with Crippen molar-refractivity contribution in [3.8, 4) is 17.1 Å². The van der Waals surface area contributed by atoms with Crippen molar-refractivity contribution >= 4 is 106 Å². The second-order valence-electron chi connectivity index (χ2n) is 21.1. The summed E-state index contributed by atoms with van der Waals surface area (Å²) in [5.41, 5.74) is 15.2. The van der Waals surface area contributed by atoms with Gasteiger partial charge in [-0.2, -0.15) is 0 Å². The second kappa shape index (κ2) is 16.6. The normalized spacial score (nSPS) is 13.4. The van der Waals surface area contributed by atoms with Gasteiger partial charge >= 0.3 is 0 Å². The number of aromatic nitrogens is 3. The first kappa shape index (κ1) is 43.8. The van der Waals surface area contributed by atoms with Gasteiger partial charge in [0.2, 0.25) is 0 Å². The Morgan fingerprint density at radius 2 is 0.692 bits per heavy atom. The van der Waals surface area contributed by atoms with E-state index in [9.17, 15) is 0 Å². The summed E-state index contributed by atoms with van der Waals surface area (Å²) in [6, 6.07) is 108. The third kappa shape index (κ3) is 5.79. The van der Waals surface area contributed by atoms with Crippen molar-refractivity contribution in [3.05, 3.63) is 307 Å². The van der Waals surface area contributed by atoms with Crippen LogP contribution in [0.2, 0.25) is 0 Å². The van der Waals surface area contributed by atoms with Crippen molar-refractivity contribution in [2.75, 3.05) is 0 Å². The van der Waals surface area contributed by atoms with Gasteiger partial charge in [-0.05, 0) is 116 Å². The van der Waals surface area contributed by atoms with Gasteiger partial charge in [0.1, 0.15) is 0 Å². The zero-order valence-electron chi connectivity index (χ0n) is 42.4. The van der Waals surface area contributed by atoms with Crippen LogP contribution in [0.1, 0.15) is 22.3 Å². The molecule has 0 N–H and O–H groups in total. The third-order valence-electron chi connectivity index (χ3n) is 17.4. The molecule has 12 aromatic carbocycles. The number of hydrogen-bond acceptors (Lipinski definition) is 1. The summed E-state index contributed by atoms with van der Waals surface area (Å²) in [4.78, 5) is 2.56. The lowest BCUT2D eigenvalue weighted by atomic mass is 9.62. The van der Waals surface area contributed by atoms with E-state index in [-0.39, 0.29) is 0 Å². The zero-order chi connectivity index (χ0) is 51.1. The van der Waals surface area contributed by atoms with Crippen molar-refractivity contribution in [2.24, 2.45) is 0 Å². The summed E-state index contributed by atoms with van der Waals surface area (Å²) in [7, 11) is -3.00. The van der Waals surface area contributed by atoms with Crippen LogP contribution in [0.5, 0.6) is 0 Å². The zero-order valence-corrected chi connectivity index (χ0v) is 44.2. The summed E-state index contributed by atoms with van der Waals surface area (Å²) >= 11 is 1.90. The Morgan fingerprint density at radius 3 is 1.21 bits per heavy atom. The molecule has 0 amide bonds. The van der Waals surface area contributed by atoms with E-state index in [1.165, 1.54) is 124 Å². The van der Waals surface area contributed by atoms with Crippen LogP contribution in [-0.2, 0) is 5.41 Å².